The normalized spacial score (nSPS) is 17.6. The molecule has 1 aliphatic heterocycles. The number of aliphatic hydroxyl groups excluding tert-OH is 2. The van der Waals surface area contributed by atoms with E-state index in [2.05, 4.69) is 21.6 Å². The molecule has 1 aromatic carbocycles. The highest BCUT2D eigenvalue weighted by atomic mass is 16.3. The first kappa shape index (κ1) is 13.1. The van der Waals surface area contributed by atoms with Crippen LogP contribution in [0, 0.1) is 0 Å². The lowest BCUT2D eigenvalue weighted by atomic mass is 10.2. The van der Waals surface area contributed by atoms with E-state index in [0.717, 1.165) is 37.6 Å². The van der Waals surface area contributed by atoms with Crippen LogP contribution < -0.4 is 15.5 Å². The average molecular weight is 251 g/mol. The largest absolute Gasteiger partial charge is 0.394 e. The highest BCUT2D eigenvalue weighted by Gasteiger charge is 2.13. The Morgan fingerprint density at radius 2 is 2.00 bits per heavy atom. The van der Waals surface area contributed by atoms with Gasteiger partial charge < -0.3 is 25.7 Å². The zero-order valence-electron chi connectivity index (χ0n) is 10.5. The van der Waals surface area contributed by atoms with E-state index in [1.807, 2.05) is 18.2 Å². The zero-order chi connectivity index (χ0) is 12.8. The molecule has 1 aromatic rings. The van der Waals surface area contributed by atoms with Crippen LogP contribution in [0.25, 0.3) is 0 Å². The van der Waals surface area contributed by atoms with Crippen molar-refractivity contribution in [3.63, 3.8) is 0 Å². The van der Waals surface area contributed by atoms with Crippen molar-refractivity contribution in [2.45, 2.75) is 6.10 Å². The first-order valence-corrected chi connectivity index (χ1v) is 6.38. The van der Waals surface area contributed by atoms with Gasteiger partial charge in [0.05, 0.1) is 24.1 Å². The van der Waals surface area contributed by atoms with Crippen LogP contribution in [0.2, 0.25) is 0 Å². The number of aliphatic hydroxyl groups is 2. The second-order valence-corrected chi connectivity index (χ2v) is 4.47. The van der Waals surface area contributed by atoms with Gasteiger partial charge >= 0.3 is 0 Å². The Morgan fingerprint density at radius 1 is 1.28 bits per heavy atom. The number of anilines is 2. The Hall–Kier alpha value is -1.30. The van der Waals surface area contributed by atoms with Crippen molar-refractivity contribution in [1.82, 2.24) is 5.32 Å². The summed E-state index contributed by atoms with van der Waals surface area (Å²) in [6.07, 6.45) is -0.721. The standard InChI is InChI=1S/C13H21N3O2/c17-10-11(18)9-15-12-3-1-2-4-13(12)16-7-5-14-6-8-16/h1-4,11,14-15,17-18H,5-10H2. The predicted octanol–water partition coefficient (Wildman–Crippen LogP) is -0.139. The van der Waals surface area contributed by atoms with Gasteiger partial charge in [0.15, 0.2) is 0 Å². The topological polar surface area (TPSA) is 67.8 Å². The third-order valence-corrected chi connectivity index (χ3v) is 3.10. The fourth-order valence-corrected chi connectivity index (χ4v) is 2.10. The van der Waals surface area contributed by atoms with Crippen molar-refractivity contribution in [3.8, 4) is 0 Å². The van der Waals surface area contributed by atoms with Gasteiger partial charge in [-0.25, -0.2) is 0 Å². The van der Waals surface area contributed by atoms with E-state index in [9.17, 15) is 5.11 Å². The Kier molecular flexibility index (Phi) is 4.81. The molecule has 2 rings (SSSR count). The van der Waals surface area contributed by atoms with Crippen molar-refractivity contribution in [2.75, 3.05) is 49.5 Å². The molecule has 5 nitrogen and oxygen atoms in total. The number of benzene rings is 1. The number of hydrogen-bond donors (Lipinski definition) is 4. The summed E-state index contributed by atoms with van der Waals surface area (Å²) in [4.78, 5) is 2.32. The van der Waals surface area contributed by atoms with Gasteiger partial charge in [-0.05, 0) is 12.1 Å². The fourth-order valence-electron chi connectivity index (χ4n) is 2.10. The summed E-state index contributed by atoms with van der Waals surface area (Å²) < 4.78 is 0. The lowest BCUT2D eigenvalue weighted by Gasteiger charge is -2.31. The molecule has 0 saturated carbocycles. The van der Waals surface area contributed by atoms with Gasteiger partial charge in [-0.1, -0.05) is 12.1 Å². The predicted molar refractivity (Wildman–Crippen MR) is 73.1 cm³/mol. The summed E-state index contributed by atoms with van der Waals surface area (Å²) in [5.74, 6) is 0. The molecular formula is C13H21N3O2. The minimum absolute atomic E-state index is 0.219. The summed E-state index contributed by atoms with van der Waals surface area (Å²) in [6.45, 7) is 4.10. The summed E-state index contributed by atoms with van der Waals surface area (Å²) in [5.41, 5.74) is 2.16. The molecule has 1 atom stereocenters. The van der Waals surface area contributed by atoms with Crippen molar-refractivity contribution in [3.05, 3.63) is 24.3 Å². The Balaban J connectivity index is 2.04. The van der Waals surface area contributed by atoms with Crippen LogP contribution in [-0.4, -0.2) is 55.6 Å². The molecule has 0 aromatic heterocycles. The van der Waals surface area contributed by atoms with Gasteiger partial charge in [0.25, 0.3) is 0 Å². The SMILES string of the molecule is OCC(O)CNc1ccccc1N1CCNCC1. The molecule has 1 unspecified atom stereocenters. The first-order valence-electron chi connectivity index (χ1n) is 6.38. The van der Waals surface area contributed by atoms with E-state index in [-0.39, 0.29) is 6.61 Å². The van der Waals surface area contributed by atoms with Gasteiger partial charge in [-0.3, -0.25) is 0 Å². The molecule has 0 amide bonds. The van der Waals surface area contributed by atoms with Crippen molar-refractivity contribution in [1.29, 1.82) is 0 Å². The number of nitrogens with zero attached hydrogens (tertiary/aromatic N) is 1. The van der Waals surface area contributed by atoms with Crippen LogP contribution in [0.15, 0.2) is 24.3 Å². The second kappa shape index (κ2) is 6.58. The van der Waals surface area contributed by atoms with E-state index in [4.69, 9.17) is 5.11 Å². The second-order valence-electron chi connectivity index (χ2n) is 4.47. The highest BCUT2D eigenvalue weighted by Crippen LogP contribution is 2.25. The van der Waals surface area contributed by atoms with Crippen LogP contribution in [0.3, 0.4) is 0 Å². The van der Waals surface area contributed by atoms with Crippen LogP contribution >= 0.6 is 0 Å². The number of hydrogen-bond acceptors (Lipinski definition) is 5. The van der Waals surface area contributed by atoms with Crippen molar-refractivity contribution < 1.29 is 10.2 Å². The van der Waals surface area contributed by atoms with Gasteiger partial charge in [0.1, 0.15) is 0 Å². The molecule has 1 fully saturated rings. The van der Waals surface area contributed by atoms with Crippen molar-refractivity contribution in [2.24, 2.45) is 0 Å². The molecule has 4 N–H and O–H groups in total. The summed E-state index contributed by atoms with van der Waals surface area (Å²) >= 11 is 0. The summed E-state index contributed by atoms with van der Waals surface area (Å²) in [6, 6.07) is 8.07. The van der Waals surface area contributed by atoms with Crippen LogP contribution in [0.1, 0.15) is 0 Å². The molecule has 0 spiro atoms. The molecule has 1 heterocycles. The van der Waals surface area contributed by atoms with Crippen LogP contribution in [0.5, 0.6) is 0 Å². The first-order chi connectivity index (χ1) is 8.81. The van der Waals surface area contributed by atoms with Gasteiger partial charge in [-0.2, -0.15) is 0 Å². The van der Waals surface area contributed by atoms with E-state index < -0.39 is 6.10 Å². The fraction of sp³-hybridized carbons (Fsp3) is 0.538. The molecule has 0 radical (unpaired) electrons. The van der Waals surface area contributed by atoms with Crippen LogP contribution in [-0.2, 0) is 0 Å². The Bertz CT molecular complexity index is 367. The Labute approximate surface area is 107 Å². The third-order valence-electron chi connectivity index (χ3n) is 3.10. The Morgan fingerprint density at radius 3 is 2.72 bits per heavy atom. The van der Waals surface area contributed by atoms with Gasteiger partial charge in [0, 0.05) is 32.7 Å². The van der Waals surface area contributed by atoms with E-state index in [1.54, 1.807) is 0 Å². The summed E-state index contributed by atoms with van der Waals surface area (Å²) in [5, 5.41) is 24.7. The third kappa shape index (κ3) is 3.35. The molecule has 18 heavy (non-hydrogen) atoms. The van der Waals surface area contributed by atoms with E-state index >= 15 is 0 Å². The molecule has 1 aliphatic rings. The lowest BCUT2D eigenvalue weighted by molar-refractivity contribution is 0.105. The molecule has 0 bridgehead atoms. The van der Waals surface area contributed by atoms with E-state index in [1.165, 1.54) is 0 Å². The number of nitrogens with one attached hydrogen (secondary N) is 2. The number of para-hydroxylation sites is 2. The lowest BCUT2D eigenvalue weighted by Crippen LogP contribution is -2.43. The molecule has 5 heteroatoms. The summed E-state index contributed by atoms with van der Waals surface area (Å²) in [7, 11) is 0. The molecule has 1 saturated heterocycles. The molecular weight excluding hydrogens is 230 g/mol. The maximum Gasteiger partial charge on any atom is 0.0942 e. The minimum atomic E-state index is -0.721. The minimum Gasteiger partial charge on any atom is -0.394 e. The van der Waals surface area contributed by atoms with Crippen LogP contribution in [0.4, 0.5) is 11.4 Å². The quantitative estimate of drug-likeness (QED) is 0.586. The van der Waals surface area contributed by atoms with Crippen molar-refractivity contribution >= 4 is 11.4 Å². The number of piperazine rings is 1. The average Bonchev–Trinajstić information content (AvgIpc) is 2.46. The zero-order valence-corrected chi connectivity index (χ0v) is 10.5. The van der Waals surface area contributed by atoms with Gasteiger partial charge in [0.2, 0.25) is 0 Å². The molecule has 0 aliphatic carbocycles. The number of rotatable bonds is 5. The van der Waals surface area contributed by atoms with E-state index in [0.29, 0.717) is 6.54 Å². The maximum absolute atomic E-state index is 9.38. The van der Waals surface area contributed by atoms with Gasteiger partial charge in [-0.15, -0.1) is 0 Å². The maximum atomic E-state index is 9.38. The monoisotopic (exact) mass is 251 g/mol. The molecule has 100 valence electrons. The highest BCUT2D eigenvalue weighted by molar-refractivity contribution is 5.70. The smallest absolute Gasteiger partial charge is 0.0942 e.